The van der Waals surface area contributed by atoms with E-state index in [2.05, 4.69) is 46.3 Å². The van der Waals surface area contributed by atoms with Crippen molar-refractivity contribution in [3.05, 3.63) is 106 Å². The smallest absolute Gasteiger partial charge is 0.413 e. The Kier molecular flexibility index (Phi) is 10.3. The van der Waals surface area contributed by atoms with Gasteiger partial charge >= 0.3 is 6.09 Å². The third-order valence-corrected chi connectivity index (χ3v) is 9.87. The zero-order chi connectivity index (χ0) is 33.6. The van der Waals surface area contributed by atoms with Gasteiger partial charge in [-0.2, -0.15) is 0 Å². The van der Waals surface area contributed by atoms with E-state index in [0.29, 0.717) is 47.1 Å². The Balaban J connectivity index is 1.21. The van der Waals surface area contributed by atoms with Crippen molar-refractivity contribution in [1.29, 1.82) is 0 Å². The average molecular weight is 669 g/mol. The van der Waals surface area contributed by atoms with Gasteiger partial charge in [0.2, 0.25) is 0 Å². The minimum atomic E-state index is -0.608. The van der Waals surface area contributed by atoms with Crippen LogP contribution in [0, 0.1) is 0 Å². The lowest BCUT2D eigenvalue weighted by Crippen LogP contribution is -2.47. The van der Waals surface area contributed by atoms with Gasteiger partial charge in [0.25, 0.3) is 11.8 Å². The first-order chi connectivity index (χ1) is 23.4. The van der Waals surface area contributed by atoms with E-state index in [4.69, 9.17) is 14.2 Å². The number of imide groups is 1. The fourth-order valence-electron chi connectivity index (χ4n) is 6.56. The molecule has 2 aliphatic heterocycles. The van der Waals surface area contributed by atoms with Crippen molar-refractivity contribution >= 4 is 34.9 Å². The molecule has 1 fully saturated rings. The molecule has 1 saturated heterocycles. The highest BCUT2D eigenvalue weighted by atomic mass is 32.1. The van der Waals surface area contributed by atoms with Gasteiger partial charge in [-0.15, -0.1) is 11.3 Å². The standard InChI is InChI=1S/C37H40N4O6S/c1-25(26-10-5-4-6-11-26)39-19-21-40(22-20-39)30-13-7-12-28-34(30)36(43)41(35(28)42)29(27-16-17-31(45-2)32(24-27)46-3)14-8-18-38-37(44)47-33-15-9-23-48-33/h4-7,9-13,15-17,23-25,29H,8,14,18-22H2,1-3H3,(H,38,44)/t25-,29?/m1/s1. The molecule has 4 aromatic rings. The van der Waals surface area contributed by atoms with Gasteiger partial charge in [0, 0.05) is 38.8 Å². The first-order valence-electron chi connectivity index (χ1n) is 16.2. The molecule has 3 heterocycles. The highest BCUT2D eigenvalue weighted by molar-refractivity contribution is 7.11. The molecule has 3 aromatic carbocycles. The molecule has 3 amide bonds. The predicted molar refractivity (Wildman–Crippen MR) is 185 cm³/mol. The second-order valence-corrected chi connectivity index (χ2v) is 12.7. The normalized spacial score (nSPS) is 16.0. The number of carbonyl (C=O) groups excluding carboxylic acids is 3. The number of anilines is 1. The summed E-state index contributed by atoms with van der Waals surface area (Å²) in [5.41, 5.74) is 3.63. The van der Waals surface area contributed by atoms with Crippen molar-refractivity contribution in [2.75, 3.05) is 51.8 Å². The van der Waals surface area contributed by atoms with Crippen molar-refractivity contribution in [2.45, 2.75) is 31.8 Å². The van der Waals surface area contributed by atoms with Gasteiger partial charge in [0.15, 0.2) is 16.6 Å². The Labute approximate surface area is 284 Å². The molecule has 6 rings (SSSR count). The fourth-order valence-corrected chi connectivity index (χ4v) is 7.14. The molecule has 11 heteroatoms. The molecule has 250 valence electrons. The van der Waals surface area contributed by atoms with Gasteiger partial charge in [0.1, 0.15) is 0 Å². The van der Waals surface area contributed by atoms with Gasteiger partial charge in [-0.05, 0) is 72.7 Å². The van der Waals surface area contributed by atoms with Crippen LogP contribution >= 0.6 is 11.3 Å². The van der Waals surface area contributed by atoms with Crippen molar-refractivity contribution in [3.63, 3.8) is 0 Å². The van der Waals surface area contributed by atoms with Crippen LogP contribution in [0.15, 0.2) is 84.2 Å². The Hall–Kier alpha value is -4.87. The Morgan fingerprint density at radius 2 is 1.62 bits per heavy atom. The number of thiophene rings is 1. The van der Waals surface area contributed by atoms with Crippen LogP contribution in [0.25, 0.3) is 0 Å². The number of amides is 3. The molecule has 1 unspecified atom stereocenters. The van der Waals surface area contributed by atoms with Gasteiger partial charge in [-0.3, -0.25) is 19.4 Å². The number of fused-ring (bicyclic) bond motifs is 1. The molecule has 10 nitrogen and oxygen atoms in total. The van der Waals surface area contributed by atoms with E-state index in [1.54, 1.807) is 44.6 Å². The molecular weight excluding hydrogens is 628 g/mol. The summed E-state index contributed by atoms with van der Waals surface area (Å²) in [5.74, 6) is 0.384. The maximum Gasteiger partial charge on any atom is 0.413 e. The number of methoxy groups -OCH3 is 2. The number of ether oxygens (including phenoxy) is 3. The maximum atomic E-state index is 14.4. The van der Waals surface area contributed by atoms with Crippen molar-refractivity contribution < 1.29 is 28.6 Å². The zero-order valence-corrected chi connectivity index (χ0v) is 28.2. The number of piperazine rings is 1. The number of rotatable bonds is 12. The molecule has 0 radical (unpaired) electrons. The lowest BCUT2D eigenvalue weighted by Gasteiger charge is -2.39. The summed E-state index contributed by atoms with van der Waals surface area (Å²) in [6, 6.07) is 24.6. The second kappa shape index (κ2) is 14.9. The molecule has 2 atom stereocenters. The van der Waals surface area contributed by atoms with E-state index in [1.807, 2.05) is 29.6 Å². The van der Waals surface area contributed by atoms with Crippen LogP contribution in [0.3, 0.4) is 0 Å². The number of nitrogens with one attached hydrogen (secondary N) is 1. The molecule has 2 aliphatic rings. The largest absolute Gasteiger partial charge is 0.493 e. The molecule has 0 saturated carbocycles. The summed E-state index contributed by atoms with van der Waals surface area (Å²) >= 11 is 1.33. The molecule has 1 aromatic heterocycles. The van der Waals surface area contributed by atoms with Crippen LogP contribution < -0.4 is 24.4 Å². The second-order valence-electron chi connectivity index (χ2n) is 11.8. The van der Waals surface area contributed by atoms with Crippen LogP contribution in [0.4, 0.5) is 10.5 Å². The Morgan fingerprint density at radius 1 is 0.854 bits per heavy atom. The molecule has 0 bridgehead atoms. The summed E-state index contributed by atoms with van der Waals surface area (Å²) in [7, 11) is 3.11. The summed E-state index contributed by atoms with van der Waals surface area (Å²) in [6.45, 7) is 5.67. The topological polar surface area (TPSA) is 101 Å². The SMILES string of the molecule is COc1ccc(C(CCCNC(=O)Oc2cccs2)N2C(=O)c3cccc(N4CCN([C@H](C)c5ccccc5)CC4)c3C2=O)cc1OC. The maximum absolute atomic E-state index is 14.4. The van der Waals surface area contributed by atoms with Gasteiger partial charge < -0.3 is 24.4 Å². The number of nitrogens with zero attached hydrogens (tertiary/aromatic N) is 3. The average Bonchev–Trinajstić information content (AvgIpc) is 3.73. The molecule has 1 N–H and O–H groups in total. The van der Waals surface area contributed by atoms with Gasteiger partial charge in [-0.1, -0.05) is 42.5 Å². The fraction of sp³-hybridized carbons (Fsp3) is 0.324. The first kappa shape index (κ1) is 33.0. The molecule has 0 spiro atoms. The van der Waals surface area contributed by atoms with Crippen LogP contribution in [0.1, 0.15) is 63.7 Å². The third kappa shape index (κ3) is 6.88. The monoisotopic (exact) mass is 668 g/mol. The summed E-state index contributed by atoms with van der Waals surface area (Å²) < 4.78 is 16.3. The van der Waals surface area contributed by atoms with Gasteiger partial charge in [-0.25, -0.2) is 4.79 Å². The highest BCUT2D eigenvalue weighted by Crippen LogP contribution is 2.40. The molecule has 0 aliphatic carbocycles. The number of hydrogen-bond donors (Lipinski definition) is 1. The Morgan fingerprint density at radius 3 is 2.33 bits per heavy atom. The minimum absolute atomic E-state index is 0.280. The van der Waals surface area contributed by atoms with Crippen LogP contribution in [-0.4, -0.2) is 74.7 Å². The van der Waals surface area contributed by atoms with E-state index < -0.39 is 12.1 Å². The van der Waals surface area contributed by atoms with Crippen LogP contribution in [0.5, 0.6) is 16.6 Å². The summed E-state index contributed by atoms with van der Waals surface area (Å²) in [5, 5.41) is 5.11. The summed E-state index contributed by atoms with van der Waals surface area (Å²) in [6.07, 6.45) is 0.343. The number of hydrogen-bond acceptors (Lipinski definition) is 9. The quantitative estimate of drug-likeness (QED) is 0.134. The highest BCUT2D eigenvalue weighted by Gasteiger charge is 2.43. The van der Waals surface area contributed by atoms with Crippen LogP contribution in [-0.2, 0) is 0 Å². The number of benzene rings is 3. The van der Waals surface area contributed by atoms with E-state index >= 15 is 0 Å². The minimum Gasteiger partial charge on any atom is -0.493 e. The number of carbonyl (C=O) groups is 3. The van der Waals surface area contributed by atoms with Crippen molar-refractivity contribution in [2.24, 2.45) is 0 Å². The van der Waals surface area contributed by atoms with Crippen molar-refractivity contribution in [3.8, 4) is 16.6 Å². The molecule has 48 heavy (non-hydrogen) atoms. The predicted octanol–water partition coefficient (Wildman–Crippen LogP) is 6.55. The Bertz CT molecular complexity index is 1740. The van der Waals surface area contributed by atoms with Gasteiger partial charge in [0.05, 0.1) is 37.1 Å². The lowest BCUT2D eigenvalue weighted by molar-refractivity contribution is 0.0571. The molecular formula is C37H40N4O6S. The van der Waals surface area contributed by atoms with Crippen LogP contribution in [0.2, 0.25) is 0 Å². The summed E-state index contributed by atoms with van der Waals surface area (Å²) in [4.78, 5) is 46.8. The third-order valence-electron chi connectivity index (χ3n) is 9.13. The van der Waals surface area contributed by atoms with E-state index in [9.17, 15) is 14.4 Å². The van der Waals surface area contributed by atoms with E-state index in [0.717, 1.165) is 37.4 Å². The van der Waals surface area contributed by atoms with Crippen molar-refractivity contribution in [1.82, 2.24) is 15.1 Å². The first-order valence-corrected chi connectivity index (χ1v) is 17.0. The lowest BCUT2D eigenvalue weighted by atomic mass is 9.99. The van der Waals surface area contributed by atoms with E-state index in [-0.39, 0.29) is 17.9 Å². The van der Waals surface area contributed by atoms with E-state index in [1.165, 1.54) is 21.8 Å². The zero-order valence-electron chi connectivity index (χ0n) is 27.4.